The van der Waals surface area contributed by atoms with Crippen LogP contribution >= 0.6 is 15.9 Å². The van der Waals surface area contributed by atoms with Gasteiger partial charge < -0.3 is 5.32 Å². The summed E-state index contributed by atoms with van der Waals surface area (Å²) in [6, 6.07) is 6.83. The monoisotopic (exact) mass is 333 g/mol. The van der Waals surface area contributed by atoms with Crippen LogP contribution in [0.5, 0.6) is 0 Å². The number of halogens is 1. The first kappa shape index (κ1) is 13.1. The topological polar surface area (TPSA) is 64.0 Å². The third kappa shape index (κ3) is 2.51. The molecule has 0 saturated heterocycles. The summed E-state index contributed by atoms with van der Waals surface area (Å²) in [6.45, 7) is 0. The Morgan fingerprint density at radius 2 is 2.15 bits per heavy atom. The van der Waals surface area contributed by atoms with Crippen molar-refractivity contribution >= 4 is 27.7 Å². The Bertz CT molecular complexity index is 663. The Hall–Kier alpha value is -1.95. The van der Waals surface area contributed by atoms with Crippen molar-refractivity contribution in [1.29, 1.82) is 0 Å². The SMILES string of the molecule is O=C(Cc1ccc(Br)cc1)[C@@H]1Cc2cncn2C(=O)N1. The maximum absolute atomic E-state index is 12.3. The summed E-state index contributed by atoms with van der Waals surface area (Å²) in [5.74, 6) is 0.00752. The van der Waals surface area contributed by atoms with Crippen molar-refractivity contribution in [3.63, 3.8) is 0 Å². The normalized spacial score (nSPS) is 17.4. The Kier molecular flexibility index (Phi) is 3.40. The average molecular weight is 334 g/mol. The number of Topliss-reactive ketones (excluding diaryl/α,β-unsaturated/α-hetero) is 1. The van der Waals surface area contributed by atoms with Gasteiger partial charge in [-0.1, -0.05) is 28.1 Å². The largest absolute Gasteiger partial charge is 0.327 e. The lowest BCUT2D eigenvalue weighted by molar-refractivity contribution is -0.120. The highest BCUT2D eigenvalue weighted by Crippen LogP contribution is 2.14. The lowest BCUT2D eigenvalue weighted by atomic mass is 9.99. The van der Waals surface area contributed by atoms with Crippen LogP contribution in [0.2, 0.25) is 0 Å². The number of rotatable bonds is 3. The summed E-state index contributed by atoms with van der Waals surface area (Å²) >= 11 is 3.36. The zero-order valence-corrected chi connectivity index (χ0v) is 12.1. The van der Waals surface area contributed by atoms with E-state index in [9.17, 15) is 9.59 Å². The molecule has 1 N–H and O–H groups in total. The van der Waals surface area contributed by atoms with Crippen molar-refractivity contribution in [2.75, 3.05) is 0 Å². The van der Waals surface area contributed by atoms with Crippen molar-refractivity contribution in [3.05, 3.63) is 52.5 Å². The summed E-state index contributed by atoms with van der Waals surface area (Å²) in [5.41, 5.74) is 1.70. The molecule has 1 amide bonds. The zero-order chi connectivity index (χ0) is 14.1. The summed E-state index contributed by atoms with van der Waals surface area (Å²) < 4.78 is 2.41. The molecule has 0 unspecified atom stereocenters. The second-order valence-corrected chi connectivity index (χ2v) is 5.65. The minimum absolute atomic E-state index is 0.00752. The van der Waals surface area contributed by atoms with Crippen molar-refractivity contribution in [2.45, 2.75) is 18.9 Å². The lowest BCUT2D eigenvalue weighted by Crippen LogP contribution is -2.49. The van der Waals surface area contributed by atoms with Crippen molar-refractivity contribution in [3.8, 4) is 0 Å². The average Bonchev–Trinajstić information content (AvgIpc) is 2.90. The Labute approximate surface area is 124 Å². The van der Waals surface area contributed by atoms with E-state index < -0.39 is 6.04 Å². The number of nitrogens with one attached hydrogen (secondary N) is 1. The molecular formula is C14H12BrN3O2. The number of nitrogens with zero attached hydrogens (tertiary/aromatic N) is 2. The van der Waals surface area contributed by atoms with E-state index in [4.69, 9.17) is 0 Å². The predicted molar refractivity (Wildman–Crippen MR) is 76.5 cm³/mol. The fourth-order valence-corrected chi connectivity index (χ4v) is 2.52. The molecule has 1 aliphatic heterocycles. The minimum Gasteiger partial charge on any atom is -0.327 e. The highest BCUT2D eigenvalue weighted by Gasteiger charge is 2.28. The van der Waals surface area contributed by atoms with E-state index in [1.165, 1.54) is 10.9 Å². The van der Waals surface area contributed by atoms with Crippen molar-refractivity contribution in [2.24, 2.45) is 0 Å². The molecule has 102 valence electrons. The molecule has 6 heteroatoms. The predicted octanol–water partition coefficient (Wildman–Crippen LogP) is 1.94. The van der Waals surface area contributed by atoms with Crippen LogP contribution in [0, 0.1) is 0 Å². The van der Waals surface area contributed by atoms with Gasteiger partial charge in [-0.2, -0.15) is 0 Å². The van der Waals surface area contributed by atoms with Gasteiger partial charge in [-0.25, -0.2) is 9.78 Å². The molecular weight excluding hydrogens is 322 g/mol. The standard InChI is InChI=1S/C14H12BrN3O2/c15-10-3-1-9(2-4-10)5-13(19)12-6-11-7-16-8-18(11)14(20)17-12/h1-4,7-8,12H,5-6H2,(H,17,20)/t12-/m0/s1. The van der Waals surface area contributed by atoms with Crippen LogP contribution in [0.4, 0.5) is 4.79 Å². The second-order valence-electron chi connectivity index (χ2n) is 4.73. The van der Waals surface area contributed by atoms with Crippen LogP contribution in [-0.2, 0) is 17.6 Å². The maximum Gasteiger partial charge on any atom is 0.327 e. The number of hydrogen-bond donors (Lipinski definition) is 1. The molecule has 0 radical (unpaired) electrons. The number of imidazole rings is 1. The van der Waals surface area contributed by atoms with E-state index in [2.05, 4.69) is 26.2 Å². The molecule has 20 heavy (non-hydrogen) atoms. The second kappa shape index (κ2) is 5.20. The van der Waals surface area contributed by atoms with Crippen LogP contribution in [0.1, 0.15) is 11.3 Å². The number of hydrogen-bond acceptors (Lipinski definition) is 3. The first-order valence-electron chi connectivity index (χ1n) is 6.23. The number of carbonyl (C=O) groups is 2. The molecule has 3 rings (SSSR count). The Morgan fingerprint density at radius 1 is 1.40 bits per heavy atom. The molecule has 0 aliphatic carbocycles. The van der Waals surface area contributed by atoms with Gasteiger partial charge in [0.25, 0.3) is 0 Å². The first-order chi connectivity index (χ1) is 9.63. The fourth-order valence-electron chi connectivity index (χ4n) is 2.26. The third-order valence-corrected chi connectivity index (χ3v) is 3.85. The Morgan fingerprint density at radius 3 is 2.90 bits per heavy atom. The fraction of sp³-hybridized carbons (Fsp3) is 0.214. The first-order valence-corrected chi connectivity index (χ1v) is 7.02. The highest BCUT2D eigenvalue weighted by molar-refractivity contribution is 9.10. The van der Waals surface area contributed by atoms with Crippen LogP contribution in [0.15, 0.2) is 41.3 Å². The molecule has 1 aliphatic rings. The Balaban J connectivity index is 1.73. The van der Waals surface area contributed by atoms with Gasteiger partial charge in [-0.05, 0) is 17.7 Å². The summed E-state index contributed by atoms with van der Waals surface area (Å²) in [7, 11) is 0. The van der Waals surface area contributed by atoms with Crippen molar-refractivity contribution in [1.82, 2.24) is 14.9 Å². The molecule has 0 bridgehead atoms. The molecule has 1 atom stereocenters. The number of ketones is 1. The molecule has 0 spiro atoms. The lowest BCUT2D eigenvalue weighted by Gasteiger charge is -2.23. The van der Waals surface area contributed by atoms with Gasteiger partial charge in [0.1, 0.15) is 6.33 Å². The number of carbonyl (C=O) groups excluding carboxylic acids is 2. The quantitative estimate of drug-likeness (QED) is 0.933. The highest BCUT2D eigenvalue weighted by atomic mass is 79.9. The third-order valence-electron chi connectivity index (χ3n) is 3.33. The van der Waals surface area contributed by atoms with Crippen LogP contribution in [-0.4, -0.2) is 27.4 Å². The molecule has 5 nitrogen and oxygen atoms in total. The van der Waals surface area contributed by atoms with Crippen molar-refractivity contribution < 1.29 is 9.59 Å². The van der Waals surface area contributed by atoms with E-state index >= 15 is 0 Å². The van der Waals surface area contributed by atoms with Crippen LogP contribution in [0.25, 0.3) is 0 Å². The molecule has 1 aromatic heterocycles. The number of aromatic nitrogens is 2. The number of fused-ring (bicyclic) bond motifs is 1. The van der Waals surface area contributed by atoms with E-state index in [0.29, 0.717) is 12.8 Å². The molecule has 0 saturated carbocycles. The van der Waals surface area contributed by atoms with Gasteiger partial charge in [0.15, 0.2) is 5.78 Å². The van der Waals surface area contributed by atoms with Crippen LogP contribution < -0.4 is 5.32 Å². The number of amides is 1. The summed E-state index contributed by atoms with van der Waals surface area (Å²) in [6.07, 6.45) is 3.88. The van der Waals surface area contributed by atoms with Gasteiger partial charge in [-0.3, -0.25) is 9.36 Å². The van der Waals surface area contributed by atoms with Gasteiger partial charge in [0.05, 0.1) is 6.04 Å². The van der Waals surface area contributed by atoms with E-state index in [-0.39, 0.29) is 11.8 Å². The molecule has 1 aromatic carbocycles. The van der Waals surface area contributed by atoms with Crippen LogP contribution in [0.3, 0.4) is 0 Å². The summed E-state index contributed by atoms with van der Waals surface area (Å²) in [5, 5.41) is 2.72. The maximum atomic E-state index is 12.3. The van der Waals surface area contributed by atoms with Gasteiger partial charge >= 0.3 is 6.03 Å². The van der Waals surface area contributed by atoms with Gasteiger partial charge in [-0.15, -0.1) is 0 Å². The zero-order valence-electron chi connectivity index (χ0n) is 10.5. The number of benzene rings is 1. The van der Waals surface area contributed by atoms with Gasteiger partial charge in [0.2, 0.25) is 0 Å². The van der Waals surface area contributed by atoms with E-state index in [1.807, 2.05) is 24.3 Å². The van der Waals surface area contributed by atoms with E-state index in [1.54, 1.807) is 6.20 Å². The van der Waals surface area contributed by atoms with E-state index in [0.717, 1.165) is 15.7 Å². The minimum atomic E-state index is -0.477. The molecule has 2 aromatic rings. The smallest absolute Gasteiger partial charge is 0.327 e. The summed E-state index contributed by atoms with van der Waals surface area (Å²) in [4.78, 5) is 28.0. The molecule has 0 fully saturated rings. The van der Waals surface area contributed by atoms with Gasteiger partial charge in [0, 0.05) is 29.2 Å². The molecule has 2 heterocycles.